The maximum Gasteiger partial charge on any atom is 0.256 e. The van der Waals surface area contributed by atoms with Crippen LogP contribution in [0.2, 0.25) is 0 Å². The number of fused-ring (bicyclic) bond motifs is 1. The molecule has 0 spiro atoms. The number of hydrogen-bond acceptors (Lipinski definition) is 7. The molecule has 2 aliphatic heterocycles. The van der Waals surface area contributed by atoms with Gasteiger partial charge in [0.1, 0.15) is 6.17 Å². The molecule has 1 aromatic heterocycles. The third kappa shape index (κ3) is 3.77. The summed E-state index contributed by atoms with van der Waals surface area (Å²) in [7, 11) is 0. The van der Waals surface area contributed by atoms with Gasteiger partial charge in [0.25, 0.3) is 5.56 Å². The number of aliphatic hydroxyl groups excluding tert-OH is 1. The van der Waals surface area contributed by atoms with Crippen LogP contribution in [0.3, 0.4) is 0 Å². The first-order chi connectivity index (χ1) is 13.2. The van der Waals surface area contributed by atoms with Gasteiger partial charge in [0.15, 0.2) is 0 Å². The van der Waals surface area contributed by atoms with Gasteiger partial charge < -0.3 is 10.0 Å². The molecule has 1 saturated heterocycles. The van der Waals surface area contributed by atoms with Gasteiger partial charge >= 0.3 is 0 Å². The Hall–Kier alpha value is -2.19. The topological polar surface area (TPSA) is 86.0 Å². The highest BCUT2D eigenvalue weighted by atomic mass is 16.3. The molecule has 146 valence electrons. The molecule has 2 atom stereocenters. The summed E-state index contributed by atoms with van der Waals surface area (Å²) in [4.78, 5) is 26.8. The van der Waals surface area contributed by atoms with Crippen molar-refractivity contribution in [2.45, 2.75) is 32.4 Å². The van der Waals surface area contributed by atoms with Crippen LogP contribution >= 0.6 is 0 Å². The van der Waals surface area contributed by atoms with E-state index in [0.29, 0.717) is 18.4 Å². The number of rotatable bonds is 3. The first-order valence-corrected chi connectivity index (χ1v) is 9.84. The maximum atomic E-state index is 12.7. The van der Waals surface area contributed by atoms with E-state index in [1.54, 1.807) is 10.6 Å². The van der Waals surface area contributed by atoms with Gasteiger partial charge in [0.05, 0.1) is 6.61 Å². The Morgan fingerprint density at radius 1 is 1.26 bits per heavy atom. The number of anilines is 1. The standard InChI is InChI=1S/C19H28N6O2/c1-14-13-16(27)25-17(15-5-3-2-4-6-15)21-18(22-19(25)20-14)24-9-7-23(8-10-24)11-12-26/h2-3,13,15,17,26H,4-12H2,1H3,(H,20,21,22)/t15-,17+/m1/s1. The summed E-state index contributed by atoms with van der Waals surface area (Å²) >= 11 is 0. The molecule has 8 nitrogen and oxygen atoms in total. The van der Waals surface area contributed by atoms with Crippen LogP contribution in [-0.4, -0.2) is 69.7 Å². The maximum absolute atomic E-state index is 12.7. The molecule has 0 bridgehead atoms. The van der Waals surface area contributed by atoms with E-state index in [0.717, 1.165) is 57.1 Å². The Bertz CT molecular complexity index is 794. The van der Waals surface area contributed by atoms with Crippen molar-refractivity contribution in [3.63, 3.8) is 0 Å². The summed E-state index contributed by atoms with van der Waals surface area (Å²) in [5, 5.41) is 12.4. The van der Waals surface area contributed by atoms with E-state index in [1.165, 1.54) is 0 Å². The van der Waals surface area contributed by atoms with Crippen LogP contribution in [-0.2, 0) is 0 Å². The average molecular weight is 372 g/mol. The number of aliphatic imine (C=N–C) groups is 1. The van der Waals surface area contributed by atoms with E-state index < -0.39 is 0 Å². The number of aliphatic hydroxyl groups is 1. The number of allylic oxidation sites excluding steroid dienone is 2. The van der Waals surface area contributed by atoms with Crippen molar-refractivity contribution in [1.82, 2.24) is 19.4 Å². The van der Waals surface area contributed by atoms with Crippen molar-refractivity contribution in [3.05, 3.63) is 34.3 Å². The zero-order chi connectivity index (χ0) is 18.8. The number of nitrogens with one attached hydrogen (secondary N) is 1. The number of guanidine groups is 1. The van der Waals surface area contributed by atoms with Gasteiger partial charge in [-0.15, -0.1) is 0 Å². The molecule has 0 unspecified atom stereocenters. The highest BCUT2D eigenvalue weighted by Crippen LogP contribution is 2.33. The van der Waals surface area contributed by atoms with E-state index in [1.807, 2.05) is 6.92 Å². The van der Waals surface area contributed by atoms with Crippen molar-refractivity contribution < 1.29 is 5.11 Å². The second-order valence-electron chi connectivity index (χ2n) is 7.52. The van der Waals surface area contributed by atoms with Crippen LogP contribution in [0.1, 0.15) is 31.1 Å². The van der Waals surface area contributed by atoms with Crippen LogP contribution < -0.4 is 10.9 Å². The molecule has 3 aliphatic rings. The molecule has 0 saturated carbocycles. The first kappa shape index (κ1) is 18.2. The minimum absolute atomic E-state index is 0.0416. The number of aromatic nitrogens is 2. The van der Waals surface area contributed by atoms with Crippen LogP contribution in [0.5, 0.6) is 0 Å². The molecule has 1 aliphatic carbocycles. The fourth-order valence-electron chi connectivity index (χ4n) is 4.15. The van der Waals surface area contributed by atoms with Gasteiger partial charge in [-0.1, -0.05) is 12.2 Å². The fourth-order valence-corrected chi connectivity index (χ4v) is 4.15. The zero-order valence-corrected chi connectivity index (χ0v) is 15.8. The first-order valence-electron chi connectivity index (χ1n) is 9.84. The van der Waals surface area contributed by atoms with Crippen molar-refractivity contribution in [2.24, 2.45) is 10.9 Å². The summed E-state index contributed by atoms with van der Waals surface area (Å²) in [6.07, 6.45) is 7.19. The molecule has 2 N–H and O–H groups in total. The molecular weight excluding hydrogens is 344 g/mol. The largest absolute Gasteiger partial charge is 0.395 e. The molecule has 3 heterocycles. The molecule has 0 radical (unpaired) electrons. The molecule has 0 amide bonds. The lowest BCUT2D eigenvalue weighted by atomic mass is 9.91. The molecular formula is C19H28N6O2. The third-order valence-electron chi connectivity index (χ3n) is 5.64. The normalized spacial score (nSPS) is 25.7. The highest BCUT2D eigenvalue weighted by molar-refractivity contribution is 5.93. The number of hydrogen-bond donors (Lipinski definition) is 2. The van der Waals surface area contributed by atoms with Gasteiger partial charge in [0.2, 0.25) is 11.9 Å². The van der Waals surface area contributed by atoms with Gasteiger partial charge in [-0.25, -0.2) is 9.98 Å². The van der Waals surface area contributed by atoms with Crippen LogP contribution in [0.4, 0.5) is 5.95 Å². The molecule has 4 rings (SSSR count). The second-order valence-corrected chi connectivity index (χ2v) is 7.52. The summed E-state index contributed by atoms with van der Waals surface area (Å²) < 4.78 is 1.72. The second kappa shape index (κ2) is 7.82. The third-order valence-corrected chi connectivity index (χ3v) is 5.64. The molecule has 0 aromatic carbocycles. The van der Waals surface area contributed by atoms with E-state index in [4.69, 9.17) is 10.1 Å². The summed E-state index contributed by atoms with van der Waals surface area (Å²) in [6.45, 7) is 6.23. The Morgan fingerprint density at radius 3 is 2.78 bits per heavy atom. The Kier molecular flexibility index (Phi) is 5.27. The summed E-state index contributed by atoms with van der Waals surface area (Å²) in [6, 6.07) is 1.59. The minimum atomic E-state index is -0.211. The van der Waals surface area contributed by atoms with Crippen LogP contribution in [0, 0.1) is 12.8 Å². The predicted molar refractivity (Wildman–Crippen MR) is 105 cm³/mol. The number of piperazine rings is 1. The Morgan fingerprint density at radius 2 is 2.07 bits per heavy atom. The highest BCUT2D eigenvalue weighted by Gasteiger charge is 2.32. The Balaban J connectivity index is 1.62. The lowest BCUT2D eigenvalue weighted by Crippen LogP contribution is -2.53. The number of β-amino-alcohol motifs (C(OH)–C–C–N with tert-alkyl or cyclic N) is 1. The number of aryl methyl sites for hydroxylation is 1. The van der Waals surface area contributed by atoms with Gasteiger partial charge in [-0.2, -0.15) is 0 Å². The van der Waals surface area contributed by atoms with E-state index >= 15 is 0 Å². The van der Waals surface area contributed by atoms with Crippen molar-refractivity contribution in [3.8, 4) is 0 Å². The summed E-state index contributed by atoms with van der Waals surface area (Å²) in [5.74, 6) is 1.72. The van der Waals surface area contributed by atoms with Gasteiger partial charge in [-0.05, 0) is 26.2 Å². The monoisotopic (exact) mass is 372 g/mol. The van der Waals surface area contributed by atoms with Crippen molar-refractivity contribution >= 4 is 11.9 Å². The zero-order valence-electron chi connectivity index (χ0n) is 15.8. The smallest absolute Gasteiger partial charge is 0.256 e. The minimum Gasteiger partial charge on any atom is -0.395 e. The predicted octanol–water partition coefficient (Wildman–Crippen LogP) is 0.798. The Labute approximate surface area is 159 Å². The lowest BCUT2D eigenvalue weighted by molar-refractivity contribution is 0.146. The van der Waals surface area contributed by atoms with Crippen molar-refractivity contribution in [1.29, 1.82) is 0 Å². The van der Waals surface area contributed by atoms with Crippen molar-refractivity contribution in [2.75, 3.05) is 44.6 Å². The SMILES string of the molecule is Cc1cc(=O)n2c(n1)NC(N1CCN(CCO)CC1)=N[C@@H]2[C@@H]1CC=CCC1. The van der Waals surface area contributed by atoms with E-state index in [9.17, 15) is 4.79 Å². The molecule has 8 heteroatoms. The van der Waals surface area contributed by atoms with Gasteiger partial charge in [-0.3, -0.25) is 19.6 Å². The van der Waals surface area contributed by atoms with Crippen LogP contribution in [0.25, 0.3) is 0 Å². The summed E-state index contributed by atoms with van der Waals surface area (Å²) in [5.41, 5.74) is 0.676. The van der Waals surface area contributed by atoms with Crippen LogP contribution in [0.15, 0.2) is 28.0 Å². The fraction of sp³-hybridized carbons (Fsp3) is 0.632. The lowest BCUT2D eigenvalue weighted by Gasteiger charge is -2.39. The van der Waals surface area contributed by atoms with Gasteiger partial charge in [0, 0.05) is 50.4 Å². The number of nitrogens with zero attached hydrogens (tertiary/aromatic N) is 5. The molecule has 1 fully saturated rings. The average Bonchev–Trinajstić information content (AvgIpc) is 2.68. The quantitative estimate of drug-likeness (QED) is 0.764. The van der Waals surface area contributed by atoms with E-state index in [-0.39, 0.29) is 18.3 Å². The molecule has 27 heavy (non-hydrogen) atoms. The molecule has 1 aromatic rings. The van der Waals surface area contributed by atoms with E-state index in [2.05, 4.69) is 32.3 Å².